The fourth-order valence-corrected chi connectivity index (χ4v) is 0.636. The second-order valence-electron chi connectivity index (χ2n) is 1.39. The predicted molar refractivity (Wildman–Crippen MR) is 34.9 cm³/mol. The molecular formula is C4H11NaO5S. The normalized spacial score (nSPS) is 10.7. The molecule has 0 aromatic rings. The molecule has 0 fully saturated rings. The minimum atomic E-state index is -3.77. The second-order valence-corrected chi connectivity index (χ2v) is 2.78. The second kappa shape index (κ2) is 7.48. The van der Waals surface area contributed by atoms with E-state index in [-0.39, 0.29) is 44.2 Å². The van der Waals surface area contributed by atoms with Crippen LogP contribution in [0.1, 0.15) is 1.43 Å². The SMILES string of the molecule is COCCOS(=O)(=O)OC.[H-].[Na+]. The zero-order valence-electron chi connectivity index (χ0n) is 7.86. The fourth-order valence-electron chi connectivity index (χ4n) is 0.268. The molecule has 0 rings (SSSR count). The van der Waals surface area contributed by atoms with E-state index in [0.717, 1.165) is 7.11 Å². The van der Waals surface area contributed by atoms with E-state index in [4.69, 9.17) is 0 Å². The van der Waals surface area contributed by atoms with Crippen LogP contribution in [0.2, 0.25) is 0 Å². The van der Waals surface area contributed by atoms with Crippen molar-refractivity contribution < 1.29 is 52.5 Å². The molecule has 64 valence electrons. The third kappa shape index (κ3) is 8.74. The predicted octanol–water partition coefficient (Wildman–Crippen LogP) is -3.34. The van der Waals surface area contributed by atoms with Gasteiger partial charge in [0.05, 0.1) is 20.3 Å². The molecule has 0 amide bonds. The Kier molecular flexibility index (Phi) is 9.76. The summed E-state index contributed by atoms with van der Waals surface area (Å²) in [5.41, 5.74) is 0. The minimum Gasteiger partial charge on any atom is -1.00 e. The summed E-state index contributed by atoms with van der Waals surface area (Å²) < 4.78 is 33.5. The molecule has 0 aliphatic heterocycles. The molecule has 0 radical (unpaired) electrons. The topological polar surface area (TPSA) is 61.8 Å². The third-order valence-electron chi connectivity index (χ3n) is 0.719. The van der Waals surface area contributed by atoms with Crippen molar-refractivity contribution in [3.63, 3.8) is 0 Å². The first-order valence-corrected chi connectivity index (χ1v) is 3.89. The summed E-state index contributed by atoms with van der Waals surface area (Å²) in [5.74, 6) is 0. The molecule has 0 spiro atoms. The van der Waals surface area contributed by atoms with Crippen LogP contribution in [-0.2, 0) is 23.5 Å². The smallest absolute Gasteiger partial charge is 1.00 e. The summed E-state index contributed by atoms with van der Waals surface area (Å²) in [6.07, 6.45) is 0. The number of methoxy groups -OCH3 is 1. The summed E-state index contributed by atoms with van der Waals surface area (Å²) in [6.45, 7) is 0.204. The Morgan fingerprint density at radius 2 is 1.82 bits per heavy atom. The molecule has 0 unspecified atom stereocenters. The molecule has 0 saturated heterocycles. The molecular weight excluding hydrogens is 183 g/mol. The van der Waals surface area contributed by atoms with Gasteiger partial charge in [0, 0.05) is 7.11 Å². The Balaban J connectivity index is -0.000000405. The maximum Gasteiger partial charge on any atom is 1.00 e. The van der Waals surface area contributed by atoms with Crippen LogP contribution < -0.4 is 29.6 Å². The largest absolute Gasteiger partial charge is 1.00 e. The van der Waals surface area contributed by atoms with Crippen LogP contribution in [0.15, 0.2) is 0 Å². The molecule has 0 aromatic heterocycles. The van der Waals surface area contributed by atoms with E-state index in [1.807, 2.05) is 0 Å². The average molecular weight is 194 g/mol. The van der Waals surface area contributed by atoms with Gasteiger partial charge < -0.3 is 6.16 Å². The van der Waals surface area contributed by atoms with Crippen LogP contribution in [0.4, 0.5) is 0 Å². The quantitative estimate of drug-likeness (QED) is 0.338. The van der Waals surface area contributed by atoms with Gasteiger partial charge in [-0.3, -0.25) is 4.18 Å². The Labute approximate surface area is 90.1 Å². The van der Waals surface area contributed by atoms with Crippen molar-refractivity contribution in [1.82, 2.24) is 0 Å². The van der Waals surface area contributed by atoms with E-state index in [9.17, 15) is 8.42 Å². The third-order valence-corrected chi connectivity index (χ3v) is 1.58. The van der Waals surface area contributed by atoms with Crippen LogP contribution in [0, 0.1) is 0 Å². The minimum absolute atomic E-state index is 0. The van der Waals surface area contributed by atoms with Gasteiger partial charge in [-0.05, 0) is 0 Å². The van der Waals surface area contributed by atoms with E-state index in [0.29, 0.717) is 0 Å². The van der Waals surface area contributed by atoms with Crippen LogP contribution >= 0.6 is 0 Å². The summed E-state index contributed by atoms with van der Waals surface area (Å²) in [5, 5.41) is 0. The first-order valence-electron chi connectivity index (χ1n) is 2.56. The Hall–Kier alpha value is 0.830. The van der Waals surface area contributed by atoms with Crippen molar-refractivity contribution in [3.05, 3.63) is 0 Å². The number of hydrogen-bond donors (Lipinski definition) is 0. The monoisotopic (exact) mass is 194 g/mol. The molecule has 7 heteroatoms. The number of ether oxygens (including phenoxy) is 1. The van der Waals surface area contributed by atoms with Crippen molar-refractivity contribution in [2.75, 3.05) is 27.4 Å². The molecule has 11 heavy (non-hydrogen) atoms. The summed E-state index contributed by atoms with van der Waals surface area (Å²) in [4.78, 5) is 0. The zero-order chi connectivity index (χ0) is 8.04. The van der Waals surface area contributed by atoms with Gasteiger partial charge in [-0.25, -0.2) is 4.18 Å². The van der Waals surface area contributed by atoms with Gasteiger partial charge in [0.2, 0.25) is 0 Å². The van der Waals surface area contributed by atoms with Crippen molar-refractivity contribution >= 4 is 10.4 Å². The molecule has 0 bridgehead atoms. The van der Waals surface area contributed by atoms with Crippen LogP contribution in [0.25, 0.3) is 0 Å². The van der Waals surface area contributed by atoms with Gasteiger partial charge in [0.1, 0.15) is 0 Å². The Morgan fingerprint density at radius 1 is 1.27 bits per heavy atom. The molecule has 0 heterocycles. The van der Waals surface area contributed by atoms with Crippen molar-refractivity contribution in [1.29, 1.82) is 0 Å². The Bertz CT molecular complexity index is 170. The summed E-state index contributed by atoms with van der Waals surface area (Å²) in [7, 11) is -1.29. The van der Waals surface area contributed by atoms with Gasteiger partial charge in [0.15, 0.2) is 0 Å². The first kappa shape index (κ1) is 14.4. The number of rotatable bonds is 5. The standard InChI is InChI=1S/C4H10O5S.Na.H/c1-7-3-4-9-10(5,6)8-2;;/h3-4H2,1-2H3;;/q;+1;-1. The number of hydrogen-bond acceptors (Lipinski definition) is 5. The molecule has 0 aliphatic carbocycles. The fraction of sp³-hybridized carbons (Fsp3) is 1.00. The molecule has 0 atom stereocenters. The maximum absolute atomic E-state index is 10.4. The van der Waals surface area contributed by atoms with Crippen LogP contribution in [0.3, 0.4) is 0 Å². The van der Waals surface area contributed by atoms with E-state index >= 15 is 0 Å². The molecule has 0 saturated carbocycles. The zero-order valence-corrected chi connectivity index (χ0v) is 9.68. The maximum atomic E-state index is 10.4. The van der Waals surface area contributed by atoms with E-state index in [1.165, 1.54) is 7.11 Å². The van der Waals surface area contributed by atoms with Crippen molar-refractivity contribution in [2.45, 2.75) is 0 Å². The van der Waals surface area contributed by atoms with Gasteiger partial charge in [-0.2, -0.15) is 8.42 Å². The van der Waals surface area contributed by atoms with E-state index in [1.54, 1.807) is 0 Å². The van der Waals surface area contributed by atoms with Crippen LogP contribution in [-0.4, -0.2) is 35.9 Å². The molecule has 5 nitrogen and oxygen atoms in total. The van der Waals surface area contributed by atoms with Crippen molar-refractivity contribution in [2.24, 2.45) is 0 Å². The van der Waals surface area contributed by atoms with Gasteiger partial charge in [-0.1, -0.05) is 0 Å². The summed E-state index contributed by atoms with van der Waals surface area (Å²) >= 11 is 0. The summed E-state index contributed by atoms with van der Waals surface area (Å²) in [6, 6.07) is 0. The molecule has 0 aromatic carbocycles. The average Bonchev–Trinajstić information content (AvgIpc) is 1.89. The Morgan fingerprint density at radius 3 is 2.18 bits per heavy atom. The van der Waals surface area contributed by atoms with E-state index in [2.05, 4.69) is 13.1 Å². The van der Waals surface area contributed by atoms with E-state index < -0.39 is 10.4 Å². The van der Waals surface area contributed by atoms with Crippen LogP contribution in [0.5, 0.6) is 0 Å². The van der Waals surface area contributed by atoms with Gasteiger partial charge >= 0.3 is 40.0 Å². The molecule has 0 N–H and O–H groups in total. The molecule has 0 aliphatic rings. The first-order chi connectivity index (χ1) is 4.62. The van der Waals surface area contributed by atoms with Gasteiger partial charge in [-0.15, -0.1) is 0 Å². The van der Waals surface area contributed by atoms with Gasteiger partial charge in [0.25, 0.3) is 0 Å². The van der Waals surface area contributed by atoms with Crippen molar-refractivity contribution in [3.8, 4) is 0 Å².